The Balaban J connectivity index is 2.09. The van der Waals surface area contributed by atoms with Gasteiger partial charge in [-0.25, -0.2) is 14.8 Å². The minimum absolute atomic E-state index is 0.0586. The average molecular weight is 350 g/mol. The second-order valence-electron chi connectivity index (χ2n) is 6.47. The molecule has 1 aromatic rings. The van der Waals surface area contributed by atoms with E-state index in [1.807, 2.05) is 6.92 Å². The van der Waals surface area contributed by atoms with Crippen molar-refractivity contribution < 1.29 is 19.8 Å². The molecule has 1 heterocycles. The number of aromatic nitrogens is 2. The Bertz CT molecular complexity index is 631. The van der Waals surface area contributed by atoms with Crippen LogP contribution in [0.1, 0.15) is 54.0 Å². The maximum atomic E-state index is 11.8. The molecule has 0 saturated heterocycles. The number of aromatic carboxylic acids is 1. The van der Waals surface area contributed by atoms with Crippen LogP contribution in [0.5, 0.6) is 0 Å². The molecular formula is C17H26N4O4. The average Bonchev–Trinajstić information content (AvgIpc) is 2.52. The molecule has 1 fully saturated rings. The number of carboxylic acids is 1. The summed E-state index contributed by atoms with van der Waals surface area (Å²) in [7, 11) is 0. The van der Waals surface area contributed by atoms with Crippen LogP contribution in [0.4, 0.5) is 5.82 Å². The molecule has 0 radical (unpaired) electrons. The number of nitrogens with zero attached hydrogens (tertiary/aromatic N) is 2. The van der Waals surface area contributed by atoms with Gasteiger partial charge in [0.05, 0.1) is 6.61 Å². The Hall–Kier alpha value is -2.22. The molecule has 1 atom stereocenters. The summed E-state index contributed by atoms with van der Waals surface area (Å²) in [5.74, 6) is -0.499. The molecule has 1 amide bonds. The molecule has 0 bridgehead atoms. The number of amides is 1. The van der Waals surface area contributed by atoms with Gasteiger partial charge in [-0.05, 0) is 39.0 Å². The van der Waals surface area contributed by atoms with Crippen LogP contribution in [0.15, 0.2) is 0 Å². The highest BCUT2D eigenvalue weighted by atomic mass is 16.4. The zero-order valence-corrected chi connectivity index (χ0v) is 14.7. The van der Waals surface area contributed by atoms with Gasteiger partial charge in [0, 0.05) is 30.3 Å². The third kappa shape index (κ3) is 5.12. The maximum absolute atomic E-state index is 11.8. The molecule has 0 spiro atoms. The Morgan fingerprint density at radius 2 is 2.00 bits per heavy atom. The largest absolute Gasteiger partial charge is 0.475 e. The number of carboxylic acid groups (broad SMARTS) is 1. The van der Waals surface area contributed by atoms with Crippen molar-refractivity contribution in [1.82, 2.24) is 15.3 Å². The number of carbonyl (C=O) groups excluding carboxylic acids is 1. The van der Waals surface area contributed by atoms with E-state index in [0.29, 0.717) is 30.3 Å². The number of nitrogens with one attached hydrogen (secondary N) is 2. The van der Waals surface area contributed by atoms with Crippen LogP contribution >= 0.6 is 0 Å². The molecule has 0 aliphatic heterocycles. The number of aryl methyl sites for hydroxylation is 1. The van der Waals surface area contributed by atoms with E-state index in [1.165, 1.54) is 6.42 Å². The molecule has 8 nitrogen and oxygen atoms in total. The Morgan fingerprint density at radius 3 is 2.56 bits per heavy atom. The van der Waals surface area contributed by atoms with Crippen molar-refractivity contribution in [3.8, 4) is 0 Å². The summed E-state index contributed by atoms with van der Waals surface area (Å²) in [6.45, 7) is 3.80. The first-order chi connectivity index (χ1) is 11.9. The monoisotopic (exact) mass is 350 g/mol. The lowest BCUT2D eigenvalue weighted by molar-refractivity contribution is -0.121. The summed E-state index contributed by atoms with van der Waals surface area (Å²) in [6, 6.07) is 0.0586. The van der Waals surface area contributed by atoms with E-state index in [2.05, 4.69) is 20.6 Å². The minimum atomic E-state index is -1.16. The smallest absolute Gasteiger partial charge is 0.374 e. The topological polar surface area (TPSA) is 124 Å². The van der Waals surface area contributed by atoms with Crippen LogP contribution in [0.25, 0.3) is 0 Å². The Morgan fingerprint density at radius 1 is 1.28 bits per heavy atom. The van der Waals surface area contributed by atoms with E-state index in [4.69, 9.17) is 10.2 Å². The van der Waals surface area contributed by atoms with Crippen molar-refractivity contribution in [3.63, 3.8) is 0 Å². The number of aliphatic hydroxyl groups excluding tert-OH is 1. The van der Waals surface area contributed by atoms with Gasteiger partial charge >= 0.3 is 5.97 Å². The first-order valence-corrected chi connectivity index (χ1v) is 8.65. The van der Waals surface area contributed by atoms with E-state index in [1.54, 1.807) is 6.92 Å². The van der Waals surface area contributed by atoms with Crippen molar-refractivity contribution in [2.45, 2.75) is 52.0 Å². The molecule has 1 aromatic heterocycles. The van der Waals surface area contributed by atoms with Gasteiger partial charge in [0.15, 0.2) is 0 Å². The molecular weight excluding hydrogens is 324 g/mol. The van der Waals surface area contributed by atoms with Crippen LogP contribution in [-0.4, -0.2) is 51.3 Å². The second kappa shape index (κ2) is 8.75. The first-order valence-electron chi connectivity index (χ1n) is 8.65. The summed E-state index contributed by atoms with van der Waals surface area (Å²) in [5.41, 5.74) is 1.45. The van der Waals surface area contributed by atoms with Gasteiger partial charge in [-0.2, -0.15) is 0 Å². The fourth-order valence-electron chi connectivity index (χ4n) is 2.88. The summed E-state index contributed by atoms with van der Waals surface area (Å²) >= 11 is 0. The van der Waals surface area contributed by atoms with Gasteiger partial charge in [-0.3, -0.25) is 4.79 Å². The third-order valence-corrected chi connectivity index (χ3v) is 4.74. The van der Waals surface area contributed by atoms with Crippen LogP contribution in [0.2, 0.25) is 0 Å². The van der Waals surface area contributed by atoms with Crippen LogP contribution in [-0.2, 0) is 4.79 Å². The number of anilines is 1. The lowest BCUT2D eigenvalue weighted by Gasteiger charge is -2.35. The fourth-order valence-corrected chi connectivity index (χ4v) is 2.88. The van der Waals surface area contributed by atoms with E-state index in [9.17, 15) is 9.59 Å². The predicted molar refractivity (Wildman–Crippen MR) is 92.5 cm³/mol. The molecule has 138 valence electrons. The number of hydrogen-bond acceptors (Lipinski definition) is 6. The highest BCUT2D eigenvalue weighted by Crippen LogP contribution is 2.33. The van der Waals surface area contributed by atoms with Gasteiger partial charge in [-0.15, -0.1) is 0 Å². The highest BCUT2D eigenvalue weighted by Gasteiger charge is 2.28. The normalized spacial score (nSPS) is 15.3. The Kier molecular flexibility index (Phi) is 6.69. The molecule has 1 aliphatic rings. The lowest BCUT2D eigenvalue weighted by atomic mass is 9.78. The SMILES string of the molecule is Cc1nc(C(=O)O)nc(NC(CCC(=O)NCCO)C2CCC2)c1C. The zero-order chi connectivity index (χ0) is 18.4. The van der Waals surface area contributed by atoms with Crippen molar-refractivity contribution in [2.75, 3.05) is 18.5 Å². The molecule has 1 aliphatic carbocycles. The van der Waals surface area contributed by atoms with Gasteiger partial charge in [0.2, 0.25) is 11.7 Å². The van der Waals surface area contributed by atoms with Crippen LogP contribution in [0, 0.1) is 19.8 Å². The molecule has 25 heavy (non-hydrogen) atoms. The highest BCUT2D eigenvalue weighted by molar-refractivity contribution is 5.83. The summed E-state index contributed by atoms with van der Waals surface area (Å²) in [6.07, 6.45) is 4.33. The first kappa shape index (κ1) is 19.1. The van der Waals surface area contributed by atoms with Crippen LogP contribution in [0.3, 0.4) is 0 Å². The van der Waals surface area contributed by atoms with Crippen molar-refractivity contribution in [2.24, 2.45) is 5.92 Å². The van der Waals surface area contributed by atoms with Gasteiger partial charge in [-0.1, -0.05) is 6.42 Å². The molecule has 0 aromatic carbocycles. The molecule has 4 N–H and O–H groups in total. The van der Waals surface area contributed by atoms with E-state index < -0.39 is 5.97 Å². The van der Waals surface area contributed by atoms with Crippen molar-refractivity contribution >= 4 is 17.7 Å². The molecule has 1 saturated carbocycles. The number of rotatable bonds is 9. The van der Waals surface area contributed by atoms with Gasteiger partial charge in [0.25, 0.3) is 0 Å². The molecule has 8 heteroatoms. The fraction of sp³-hybridized carbons (Fsp3) is 0.647. The predicted octanol–water partition coefficient (Wildman–Crippen LogP) is 1.26. The summed E-state index contributed by atoms with van der Waals surface area (Å²) < 4.78 is 0. The van der Waals surface area contributed by atoms with Crippen molar-refractivity contribution in [1.29, 1.82) is 0 Å². The minimum Gasteiger partial charge on any atom is -0.475 e. The van der Waals surface area contributed by atoms with E-state index >= 15 is 0 Å². The molecule has 2 rings (SSSR count). The van der Waals surface area contributed by atoms with Gasteiger partial charge in [0.1, 0.15) is 5.82 Å². The van der Waals surface area contributed by atoms with E-state index in [-0.39, 0.29) is 30.9 Å². The number of carbonyl (C=O) groups is 2. The third-order valence-electron chi connectivity index (χ3n) is 4.74. The zero-order valence-electron chi connectivity index (χ0n) is 14.7. The van der Waals surface area contributed by atoms with Crippen molar-refractivity contribution in [3.05, 3.63) is 17.1 Å². The van der Waals surface area contributed by atoms with Gasteiger partial charge < -0.3 is 20.8 Å². The van der Waals surface area contributed by atoms with Crippen LogP contribution < -0.4 is 10.6 Å². The quantitative estimate of drug-likeness (QED) is 0.528. The number of aliphatic hydroxyl groups is 1. The summed E-state index contributed by atoms with van der Waals surface area (Å²) in [4.78, 5) is 31.1. The molecule has 1 unspecified atom stereocenters. The summed E-state index contributed by atoms with van der Waals surface area (Å²) in [5, 5.41) is 23.9. The second-order valence-corrected chi connectivity index (χ2v) is 6.47. The maximum Gasteiger partial charge on any atom is 0.374 e. The lowest BCUT2D eigenvalue weighted by Crippen LogP contribution is -2.36. The van der Waals surface area contributed by atoms with E-state index in [0.717, 1.165) is 18.4 Å². The number of hydrogen-bond donors (Lipinski definition) is 4. The standard InChI is InChI=1S/C17H26N4O4/c1-10-11(2)19-16(17(24)25)21-15(10)20-13(12-4-3-5-12)6-7-14(23)18-8-9-22/h12-13,22H,3-9H2,1-2H3,(H,18,23)(H,24,25)(H,19,20,21). The Labute approximate surface area is 147 Å².